The molecule has 0 aromatic carbocycles. The van der Waals surface area contributed by atoms with Crippen LogP contribution >= 0.6 is 12.6 Å². The fourth-order valence-corrected chi connectivity index (χ4v) is 4.44. The van der Waals surface area contributed by atoms with E-state index in [1.54, 1.807) is 0 Å². The lowest BCUT2D eigenvalue weighted by Gasteiger charge is -2.36. The number of nitrogens with zero attached hydrogens (tertiary/aromatic N) is 2. The highest BCUT2D eigenvalue weighted by atomic mass is 32.1. The molecule has 1 fully saturated rings. The molecule has 3 heteroatoms. The summed E-state index contributed by atoms with van der Waals surface area (Å²) >= 11 is 4.70. The summed E-state index contributed by atoms with van der Waals surface area (Å²) in [4.78, 5) is 5.34. The molecule has 1 saturated heterocycles. The van der Waals surface area contributed by atoms with Gasteiger partial charge in [-0.1, -0.05) is 40.5 Å². The summed E-state index contributed by atoms with van der Waals surface area (Å²) in [5, 5.41) is 0. The van der Waals surface area contributed by atoms with E-state index in [2.05, 4.69) is 37.5 Å². The Labute approximate surface area is 132 Å². The Morgan fingerprint density at radius 2 is 1.70 bits per heavy atom. The molecule has 120 valence electrons. The molecule has 0 aliphatic carbocycles. The number of likely N-dealkylation sites (tertiary alicyclic amines) is 1. The van der Waals surface area contributed by atoms with E-state index in [1.807, 2.05) is 0 Å². The maximum atomic E-state index is 4.70. The molecule has 0 amide bonds. The topological polar surface area (TPSA) is 6.48 Å². The Morgan fingerprint density at radius 1 is 1.10 bits per heavy atom. The highest BCUT2D eigenvalue weighted by Crippen LogP contribution is 2.33. The van der Waals surface area contributed by atoms with Crippen LogP contribution in [0.3, 0.4) is 0 Å². The second-order valence-corrected chi connectivity index (χ2v) is 6.87. The molecule has 20 heavy (non-hydrogen) atoms. The van der Waals surface area contributed by atoms with E-state index < -0.39 is 0 Å². The number of rotatable bonds is 10. The van der Waals surface area contributed by atoms with Gasteiger partial charge in [-0.3, -0.25) is 4.90 Å². The van der Waals surface area contributed by atoms with E-state index in [0.717, 1.165) is 11.8 Å². The van der Waals surface area contributed by atoms with Crippen LogP contribution in [0.4, 0.5) is 0 Å². The molecule has 1 unspecified atom stereocenters. The van der Waals surface area contributed by atoms with Crippen LogP contribution in [0, 0.1) is 5.41 Å². The molecule has 0 radical (unpaired) electrons. The third-order valence-corrected chi connectivity index (χ3v) is 5.70. The molecule has 1 heterocycles. The fraction of sp³-hybridized carbons (Fsp3) is 1.00. The highest BCUT2D eigenvalue weighted by molar-refractivity contribution is 7.80. The summed E-state index contributed by atoms with van der Waals surface area (Å²) in [7, 11) is 0. The lowest BCUT2D eigenvalue weighted by molar-refractivity contribution is 0.152. The first-order valence-corrected chi connectivity index (χ1v) is 9.35. The van der Waals surface area contributed by atoms with Crippen LogP contribution in [-0.2, 0) is 0 Å². The van der Waals surface area contributed by atoms with Crippen molar-refractivity contribution in [1.29, 1.82) is 0 Å². The van der Waals surface area contributed by atoms with Gasteiger partial charge in [0.1, 0.15) is 0 Å². The Balaban J connectivity index is 2.58. The standard InChI is InChI=1S/C17H36N2S/c1-5-10-17(15-20,11-6-2)14-18-12-9-16(13-18)19(7-3)8-4/h16,20H,5-15H2,1-4H3. The van der Waals surface area contributed by atoms with Crippen LogP contribution in [0.5, 0.6) is 0 Å². The number of hydrogen-bond donors (Lipinski definition) is 1. The predicted octanol–water partition coefficient (Wildman–Crippen LogP) is 3.92. The fourth-order valence-electron chi connectivity index (χ4n) is 4.02. The van der Waals surface area contributed by atoms with Crippen LogP contribution in [0.25, 0.3) is 0 Å². The van der Waals surface area contributed by atoms with Crippen molar-refractivity contribution in [3.8, 4) is 0 Å². The van der Waals surface area contributed by atoms with Gasteiger partial charge in [0.25, 0.3) is 0 Å². The van der Waals surface area contributed by atoms with Gasteiger partial charge in [-0.2, -0.15) is 12.6 Å². The number of hydrogen-bond acceptors (Lipinski definition) is 3. The summed E-state index contributed by atoms with van der Waals surface area (Å²) in [6.45, 7) is 15.4. The summed E-state index contributed by atoms with van der Waals surface area (Å²) in [6, 6.07) is 0.783. The zero-order valence-corrected chi connectivity index (χ0v) is 15.1. The van der Waals surface area contributed by atoms with Crippen molar-refractivity contribution in [2.75, 3.05) is 38.5 Å². The minimum absolute atomic E-state index is 0.449. The summed E-state index contributed by atoms with van der Waals surface area (Å²) in [5.41, 5.74) is 0.449. The predicted molar refractivity (Wildman–Crippen MR) is 93.9 cm³/mol. The average Bonchev–Trinajstić information content (AvgIpc) is 2.89. The third kappa shape index (κ3) is 4.92. The normalized spacial score (nSPS) is 21.0. The maximum Gasteiger partial charge on any atom is 0.0235 e. The van der Waals surface area contributed by atoms with Crippen molar-refractivity contribution in [2.24, 2.45) is 5.41 Å². The first kappa shape index (κ1) is 18.3. The van der Waals surface area contributed by atoms with Gasteiger partial charge in [0.15, 0.2) is 0 Å². The van der Waals surface area contributed by atoms with E-state index >= 15 is 0 Å². The zero-order valence-electron chi connectivity index (χ0n) is 14.2. The van der Waals surface area contributed by atoms with Crippen LogP contribution in [0.1, 0.15) is 59.8 Å². The second kappa shape index (κ2) is 9.32. The van der Waals surface area contributed by atoms with Gasteiger partial charge in [0.2, 0.25) is 0 Å². The molecule has 1 rings (SSSR count). The van der Waals surface area contributed by atoms with Crippen LogP contribution in [0.2, 0.25) is 0 Å². The Hall–Kier alpha value is 0.270. The van der Waals surface area contributed by atoms with Crippen molar-refractivity contribution < 1.29 is 0 Å². The van der Waals surface area contributed by atoms with Gasteiger partial charge in [-0.25, -0.2) is 0 Å². The Kier molecular flexibility index (Phi) is 8.54. The molecule has 0 N–H and O–H groups in total. The van der Waals surface area contributed by atoms with E-state index in [9.17, 15) is 0 Å². The van der Waals surface area contributed by atoms with Gasteiger partial charge in [0.05, 0.1) is 0 Å². The van der Waals surface area contributed by atoms with Crippen molar-refractivity contribution in [3.05, 3.63) is 0 Å². The molecular weight excluding hydrogens is 264 g/mol. The third-order valence-electron chi connectivity index (χ3n) is 5.03. The van der Waals surface area contributed by atoms with Crippen molar-refractivity contribution in [3.63, 3.8) is 0 Å². The summed E-state index contributed by atoms with van der Waals surface area (Å²) < 4.78 is 0. The molecule has 0 saturated carbocycles. The van der Waals surface area contributed by atoms with E-state index in [4.69, 9.17) is 12.6 Å². The molecule has 2 nitrogen and oxygen atoms in total. The minimum atomic E-state index is 0.449. The van der Waals surface area contributed by atoms with Gasteiger partial charge in [-0.05, 0) is 50.1 Å². The van der Waals surface area contributed by atoms with E-state index in [-0.39, 0.29) is 0 Å². The second-order valence-electron chi connectivity index (χ2n) is 6.56. The van der Waals surface area contributed by atoms with Gasteiger partial charge >= 0.3 is 0 Å². The SMILES string of the molecule is CCCC(CS)(CCC)CN1CCC(N(CC)CC)C1. The summed E-state index contributed by atoms with van der Waals surface area (Å²) in [6.07, 6.45) is 6.58. The lowest BCUT2D eigenvalue weighted by Crippen LogP contribution is -2.41. The largest absolute Gasteiger partial charge is 0.301 e. The lowest BCUT2D eigenvalue weighted by atomic mass is 9.80. The Bertz CT molecular complexity index is 247. The first-order chi connectivity index (χ1) is 9.64. The monoisotopic (exact) mass is 300 g/mol. The molecule has 1 atom stereocenters. The highest BCUT2D eigenvalue weighted by Gasteiger charge is 2.33. The zero-order chi connectivity index (χ0) is 15.0. The summed E-state index contributed by atoms with van der Waals surface area (Å²) in [5.74, 6) is 1.04. The molecular formula is C17H36N2S. The molecule has 1 aliphatic rings. The maximum absolute atomic E-state index is 4.70. The molecule has 0 spiro atoms. The van der Waals surface area contributed by atoms with Crippen LogP contribution < -0.4 is 0 Å². The Morgan fingerprint density at radius 3 is 2.15 bits per heavy atom. The van der Waals surface area contributed by atoms with Gasteiger partial charge in [0, 0.05) is 19.1 Å². The average molecular weight is 301 g/mol. The van der Waals surface area contributed by atoms with Crippen LogP contribution in [0.15, 0.2) is 0 Å². The molecule has 0 bridgehead atoms. The molecule has 1 aliphatic heterocycles. The minimum Gasteiger partial charge on any atom is -0.301 e. The van der Waals surface area contributed by atoms with Crippen molar-refractivity contribution in [1.82, 2.24) is 9.80 Å². The number of thiol groups is 1. The van der Waals surface area contributed by atoms with Crippen LogP contribution in [-0.4, -0.2) is 54.3 Å². The van der Waals surface area contributed by atoms with Gasteiger partial charge < -0.3 is 4.90 Å². The first-order valence-electron chi connectivity index (χ1n) is 8.71. The smallest absolute Gasteiger partial charge is 0.0235 e. The number of likely N-dealkylation sites (N-methyl/N-ethyl adjacent to an activating group) is 1. The molecule has 0 aromatic heterocycles. The van der Waals surface area contributed by atoms with Gasteiger partial charge in [-0.15, -0.1) is 0 Å². The van der Waals surface area contributed by atoms with E-state index in [0.29, 0.717) is 5.41 Å². The molecule has 0 aromatic rings. The van der Waals surface area contributed by atoms with E-state index in [1.165, 1.54) is 64.8 Å². The quantitative estimate of drug-likeness (QED) is 0.611. The van der Waals surface area contributed by atoms with Crippen molar-refractivity contribution in [2.45, 2.75) is 65.8 Å². The van der Waals surface area contributed by atoms with Crippen molar-refractivity contribution >= 4 is 12.6 Å².